The van der Waals surface area contributed by atoms with Crippen molar-refractivity contribution in [1.29, 1.82) is 0 Å². The average molecular weight is 252 g/mol. The van der Waals surface area contributed by atoms with Crippen LogP contribution in [0.1, 0.15) is 38.9 Å². The maximum absolute atomic E-state index is 5.03. The zero-order valence-corrected chi connectivity index (χ0v) is 11.9. The second-order valence-electron chi connectivity index (χ2n) is 6.19. The van der Waals surface area contributed by atoms with Crippen molar-refractivity contribution in [3.8, 4) is 0 Å². The van der Waals surface area contributed by atoms with Gasteiger partial charge in [0.25, 0.3) is 0 Å². The summed E-state index contributed by atoms with van der Waals surface area (Å²) in [6, 6.07) is 0.507. The van der Waals surface area contributed by atoms with Crippen molar-refractivity contribution in [2.45, 2.75) is 46.7 Å². The normalized spacial score (nSPS) is 23.0. The number of hydrogen-bond acceptors (Lipinski definition) is 5. The molecule has 18 heavy (non-hydrogen) atoms. The maximum Gasteiger partial charge on any atom is 0.223 e. The Morgan fingerprint density at radius 2 is 2.22 bits per heavy atom. The highest BCUT2D eigenvalue weighted by Crippen LogP contribution is 2.22. The van der Waals surface area contributed by atoms with E-state index in [-0.39, 0.29) is 5.41 Å². The van der Waals surface area contributed by atoms with Crippen molar-refractivity contribution in [3.05, 3.63) is 11.7 Å². The average Bonchev–Trinajstić information content (AvgIpc) is 2.53. The number of aromatic nitrogens is 2. The van der Waals surface area contributed by atoms with Crippen LogP contribution in [-0.2, 0) is 6.54 Å². The molecule has 1 atom stereocenters. The van der Waals surface area contributed by atoms with Gasteiger partial charge < -0.3 is 9.84 Å². The quantitative estimate of drug-likeness (QED) is 0.866. The summed E-state index contributed by atoms with van der Waals surface area (Å²) >= 11 is 0. The first-order valence-electron chi connectivity index (χ1n) is 6.70. The largest absolute Gasteiger partial charge is 0.340 e. The van der Waals surface area contributed by atoms with E-state index < -0.39 is 0 Å². The molecule has 0 spiro atoms. The third-order valence-corrected chi connectivity index (χ3v) is 3.46. The van der Waals surface area contributed by atoms with E-state index in [1.165, 1.54) is 6.42 Å². The van der Waals surface area contributed by atoms with E-state index in [1.807, 2.05) is 6.92 Å². The smallest absolute Gasteiger partial charge is 0.223 e. The Balaban J connectivity index is 1.99. The molecular formula is C13H24N4O. The molecule has 2 heterocycles. The molecule has 102 valence electrons. The SMILES string of the molecule is Cc1nc(CN2CCCNC(C(C)(C)C)C2)no1. The molecule has 0 bridgehead atoms. The van der Waals surface area contributed by atoms with E-state index in [4.69, 9.17) is 4.52 Å². The molecule has 0 saturated carbocycles. The summed E-state index contributed by atoms with van der Waals surface area (Å²) in [7, 11) is 0. The standard InChI is InChI=1S/C13H24N4O/c1-10-15-12(16-18-10)9-17-7-5-6-14-11(8-17)13(2,3)4/h11,14H,5-9H2,1-4H3. The zero-order chi connectivity index (χ0) is 13.2. The van der Waals surface area contributed by atoms with Crippen molar-refractivity contribution in [2.24, 2.45) is 5.41 Å². The van der Waals surface area contributed by atoms with E-state index in [0.717, 1.165) is 32.0 Å². The molecule has 0 amide bonds. The molecule has 1 aliphatic rings. The summed E-state index contributed by atoms with van der Waals surface area (Å²) in [5.74, 6) is 1.44. The lowest BCUT2D eigenvalue weighted by Gasteiger charge is -2.33. The van der Waals surface area contributed by atoms with Gasteiger partial charge in [-0.3, -0.25) is 4.90 Å². The van der Waals surface area contributed by atoms with Gasteiger partial charge >= 0.3 is 0 Å². The first-order valence-corrected chi connectivity index (χ1v) is 6.70. The fraction of sp³-hybridized carbons (Fsp3) is 0.846. The van der Waals surface area contributed by atoms with Crippen LogP contribution in [0.4, 0.5) is 0 Å². The minimum atomic E-state index is 0.274. The highest BCUT2D eigenvalue weighted by molar-refractivity contribution is 4.89. The number of nitrogens with one attached hydrogen (secondary N) is 1. The molecule has 5 nitrogen and oxygen atoms in total. The second-order valence-corrected chi connectivity index (χ2v) is 6.19. The predicted molar refractivity (Wildman–Crippen MR) is 70.2 cm³/mol. The first kappa shape index (κ1) is 13.5. The summed E-state index contributed by atoms with van der Waals surface area (Å²) in [6.07, 6.45) is 1.17. The number of hydrogen-bond donors (Lipinski definition) is 1. The third kappa shape index (κ3) is 3.53. The van der Waals surface area contributed by atoms with E-state index >= 15 is 0 Å². The summed E-state index contributed by atoms with van der Waals surface area (Å²) in [4.78, 5) is 6.70. The Morgan fingerprint density at radius 3 is 2.83 bits per heavy atom. The van der Waals surface area contributed by atoms with Crippen molar-refractivity contribution in [1.82, 2.24) is 20.4 Å². The van der Waals surface area contributed by atoms with Crippen LogP contribution in [0.25, 0.3) is 0 Å². The number of nitrogens with zero attached hydrogens (tertiary/aromatic N) is 3. The molecule has 1 saturated heterocycles. The molecule has 0 aromatic carbocycles. The van der Waals surface area contributed by atoms with Crippen molar-refractivity contribution < 1.29 is 4.52 Å². The molecule has 1 N–H and O–H groups in total. The van der Waals surface area contributed by atoms with E-state index in [1.54, 1.807) is 0 Å². The summed E-state index contributed by atoms with van der Waals surface area (Å²) < 4.78 is 5.03. The Hall–Kier alpha value is -0.940. The van der Waals surface area contributed by atoms with Gasteiger partial charge in [-0.25, -0.2) is 0 Å². The number of aryl methyl sites for hydroxylation is 1. The molecule has 2 rings (SSSR count). The van der Waals surface area contributed by atoms with Crippen LogP contribution in [0, 0.1) is 12.3 Å². The highest BCUT2D eigenvalue weighted by atomic mass is 16.5. The molecule has 0 radical (unpaired) electrons. The van der Waals surface area contributed by atoms with Crippen LogP contribution in [0.2, 0.25) is 0 Å². The molecule has 0 aliphatic carbocycles. The molecule has 1 unspecified atom stereocenters. The predicted octanol–water partition coefficient (Wildman–Crippen LogP) is 1.59. The van der Waals surface area contributed by atoms with Gasteiger partial charge in [-0.2, -0.15) is 4.98 Å². The van der Waals surface area contributed by atoms with Crippen molar-refractivity contribution in [2.75, 3.05) is 19.6 Å². The fourth-order valence-electron chi connectivity index (χ4n) is 2.32. The minimum absolute atomic E-state index is 0.274. The lowest BCUT2D eigenvalue weighted by Crippen LogP contribution is -2.46. The van der Waals surface area contributed by atoms with Crippen molar-refractivity contribution >= 4 is 0 Å². The van der Waals surface area contributed by atoms with Crippen LogP contribution in [0.15, 0.2) is 4.52 Å². The molecule has 1 aromatic rings. The maximum atomic E-state index is 5.03. The lowest BCUT2D eigenvalue weighted by molar-refractivity contribution is 0.188. The third-order valence-electron chi connectivity index (χ3n) is 3.46. The first-order chi connectivity index (χ1) is 8.45. The Kier molecular flexibility index (Phi) is 4.02. The monoisotopic (exact) mass is 252 g/mol. The van der Waals surface area contributed by atoms with Crippen LogP contribution < -0.4 is 5.32 Å². The van der Waals surface area contributed by atoms with Crippen LogP contribution >= 0.6 is 0 Å². The second kappa shape index (κ2) is 5.36. The molecule has 1 fully saturated rings. The van der Waals surface area contributed by atoms with Gasteiger partial charge in [0.1, 0.15) is 0 Å². The Labute approximate surface area is 109 Å². The van der Waals surface area contributed by atoms with Gasteiger partial charge in [0.05, 0.1) is 6.54 Å². The van der Waals surface area contributed by atoms with E-state index in [9.17, 15) is 0 Å². The summed E-state index contributed by atoms with van der Waals surface area (Å²) in [6.45, 7) is 12.7. The van der Waals surface area contributed by atoms with Gasteiger partial charge in [-0.1, -0.05) is 25.9 Å². The van der Waals surface area contributed by atoms with Gasteiger partial charge in [-0.05, 0) is 24.9 Å². The zero-order valence-electron chi connectivity index (χ0n) is 11.9. The molecule has 1 aromatic heterocycles. The highest BCUT2D eigenvalue weighted by Gasteiger charge is 2.28. The minimum Gasteiger partial charge on any atom is -0.340 e. The molecule has 1 aliphatic heterocycles. The van der Waals surface area contributed by atoms with E-state index in [0.29, 0.717) is 11.9 Å². The lowest BCUT2D eigenvalue weighted by atomic mass is 9.86. The molecular weight excluding hydrogens is 228 g/mol. The van der Waals surface area contributed by atoms with Crippen LogP contribution in [-0.4, -0.2) is 40.7 Å². The number of rotatable bonds is 2. The summed E-state index contributed by atoms with van der Waals surface area (Å²) in [5, 5.41) is 7.62. The summed E-state index contributed by atoms with van der Waals surface area (Å²) in [5.41, 5.74) is 0.274. The van der Waals surface area contributed by atoms with Gasteiger partial charge in [0, 0.05) is 19.5 Å². The van der Waals surface area contributed by atoms with Crippen molar-refractivity contribution in [3.63, 3.8) is 0 Å². The van der Waals surface area contributed by atoms with Crippen LogP contribution in [0.3, 0.4) is 0 Å². The van der Waals surface area contributed by atoms with E-state index in [2.05, 4.69) is 41.1 Å². The van der Waals surface area contributed by atoms with Gasteiger partial charge in [0.15, 0.2) is 5.82 Å². The fourth-order valence-corrected chi connectivity index (χ4v) is 2.32. The topological polar surface area (TPSA) is 54.2 Å². The molecule has 5 heteroatoms. The van der Waals surface area contributed by atoms with Crippen LogP contribution in [0.5, 0.6) is 0 Å². The Morgan fingerprint density at radius 1 is 1.44 bits per heavy atom. The van der Waals surface area contributed by atoms with Gasteiger partial charge in [0.2, 0.25) is 5.89 Å². The van der Waals surface area contributed by atoms with Gasteiger partial charge in [-0.15, -0.1) is 0 Å². The Bertz CT molecular complexity index is 383.